The molecule has 34 heavy (non-hydrogen) atoms. The van der Waals surface area contributed by atoms with Gasteiger partial charge in [0.25, 0.3) is 10.0 Å². The topological polar surface area (TPSA) is 105 Å². The quantitative estimate of drug-likeness (QED) is 0.303. The molecule has 0 aliphatic rings. The summed E-state index contributed by atoms with van der Waals surface area (Å²) in [5.74, 6) is -0.224. The maximum atomic E-state index is 12.6. The standard InChI is InChI=1S/C22H16ClN5O3S3/c23-15-3-1-14(2-4-15)19-12-28-17(13-33-22(28)26-19)11-20(29)25-16-5-7-18(8-6-16)34(30,31)27-21-24-9-10-32-21/h1-10,12-13H,11H2,(H,24,27)(H,25,29). The number of amides is 1. The number of nitrogens with one attached hydrogen (secondary N) is 2. The van der Waals surface area contributed by atoms with Crippen LogP contribution in [-0.2, 0) is 21.2 Å². The number of carbonyl (C=O) groups is 1. The van der Waals surface area contributed by atoms with E-state index in [1.807, 2.05) is 40.2 Å². The third kappa shape index (κ3) is 4.82. The Morgan fingerprint density at radius 3 is 2.53 bits per heavy atom. The normalized spacial score (nSPS) is 11.6. The minimum absolute atomic E-state index is 0.0772. The van der Waals surface area contributed by atoms with E-state index in [1.165, 1.54) is 41.0 Å². The highest BCUT2D eigenvalue weighted by molar-refractivity contribution is 7.93. The Balaban J connectivity index is 1.26. The number of carbonyl (C=O) groups excluding carboxylic acids is 1. The Kier molecular flexibility index (Phi) is 6.09. The SMILES string of the molecule is O=C(Cc1csc2nc(-c3ccc(Cl)cc3)cn12)Nc1ccc(S(=O)(=O)Nc2nccs2)cc1. The summed E-state index contributed by atoms with van der Waals surface area (Å²) in [7, 11) is -3.75. The summed E-state index contributed by atoms with van der Waals surface area (Å²) in [5, 5.41) is 7.33. The number of imidazole rings is 1. The highest BCUT2D eigenvalue weighted by Crippen LogP contribution is 2.25. The molecular weight excluding hydrogens is 514 g/mol. The molecule has 0 aliphatic carbocycles. The number of rotatable bonds is 7. The van der Waals surface area contributed by atoms with Crippen LogP contribution in [0.4, 0.5) is 10.8 Å². The van der Waals surface area contributed by atoms with Gasteiger partial charge in [0.1, 0.15) is 0 Å². The zero-order chi connectivity index (χ0) is 23.7. The van der Waals surface area contributed by atoms with Crippen molar-refractivity contribution in [2.75, 3.05) is 10.0 Å². The third-order valence-corrected chi connectivity index (χ3v) is 8.18. The van der Waals surface area contributed by atoms with Crippen LogP contribution in [-0.4, -0.2) is 28.7 Å². The van der Waals surface area contributed by atoms with E-state index in [4.69, 9.17) is 11.6 Å². The largest absolute Gasteiger partial charge is 0.326 e. The summed E-state index contributed by atoms with van der Waals surface area (Å²) in [6.07, 6.45) is 3.56. The number of nitrogens with zero attached hydrogens (tertiary/aromatic N) is 3. The summed E-state index contributed by atoms with van der Waals surface area (Å²) in [5.41, 5.74) is 3.04. The lowest BCUT2D eigenvalue weighted by atomic mass is 10.2. The van der Waals surface area contributed by atoms with Crippen LogP contribution >= 0.6 is 34.3 Å². The maximum absolute atomic E-state index is 12.6. The number of anilines is 2. The van der Waals surface area contributed by atoms with E-state index in [-0.39, 0.29) is 22.4 Å². The van der Waals surface area contributed by atoms with Gasteiger partial charge in [0, 0.05) is 45.1 Å². The Bertz CT molecular complexity index is 1560. The lowest BCUT2D eigenvalue weighted by Gasteiger charge is -2.08. The van der Waals surface area contributed by atoms with Gasteiger partial charge >= 0.3 is 0 Å². The second-order valence-electron chi connectivity index (χ2n) is 7.20. The predicted octanol–water partition coefficient (Wildman–Crippen LogP) is 5.15. The number of fused-ring (bicyclic) bond motifs is 1. The van der Waals surface area contributed by atoms with Gasteiger partial charge in [0.2, 0.25) is 5.91 Å². The molecular formula is C22H16ClN5O3S3. The zero-order valence-corrected chi connectivity index (χ0v) is 20.5. The van der Waals surface area contributed by atoms with Gasteiger partial charge in [-0.25, -0.2) is 18.4 Å². The monoisotopic (exact) mass is 529 g/mol. The van der Waals surface area contributed by atoms with Crippen molar-refractivity contribution in [1.82, 2.24) is 14.4 Å². The van der Waals surface area contributed by atoms with Crippen molar-refractivity contribution in [3.05, 3.63) is 82.4 Å². The summed E-state index contributed by atoms with van der Waals surface area (Å²) in [4.78, 5) is 22.1. The number of hydrogen-bond donors (Lipinski definition) is 2. The van der Waals surface area contributed by atoms with Crippen molar-refractivity contribution in [2.24, 2.45) is 0 Å². The van der Waals surface area contributed by atoms with Crippen molar-refractivity contribution >= 4 is 66.0 Å². The van der Waals surface area contributed by atoms with Crippen LogP contribution < -0.4 is 10.0 Å². The molecule has 0 bridgehead atoms. The van der Waals surface area contributed by atoms with Crippen LogP contribution in [0.5, 0.6) is 0 Å². The minimum Gasteiger partial charge on any atom is -0.326 e. The molecule has 0 saturated carbocycles. The first-order valence-electron chi connectivity index (χ1n) is 9.91. The average Bonchev–Trinajstić information content (AvgIpc) is 3.54. The van der Waals surface area contributed by atoms with E-state index < -0.39 is 10.0 Å². The van der Waals surface area contributed by atoms with Crippen LogP contribution in [0.15, 0.2) is 76.6 Å². The number of benzene rings is 2. The van der Waals surface area contributed by atoms with E-state index >= 15 is 0 Å². The second-order valence-corrected chi connectivity index (χ2v) is 11.1. The van der Waals surface area contributed by atoms with Gasteiger partial charge in [0.05, 0.1) is 17.0 Å². The maximum Gasteiger partial charge on any atom is 0.263 e. The molecule has 0 radical (unpaired) electrons. The third-order valence-electron chi connectivity index (χ3n) is 4.87. The first kappa shape index (κ1) is 22.5. The van der Waals surface area contributed by atoms with Crippen molar-refractivity contribution in [3.63, 3.8) is 0 Å². The molecule has 1 amide bonds. The van der Waals surface area contributed by atoms with E-state index in [1.54, 1.807) is 17.5 Å². The minimum atomic E-state index is -3.75. The smallest absolute Gasteiger partial charge is 0.263 e. The number of thiazole rings is 2. The molecule has 0 saturated heterocycles. The lowest BCUT2D eigenvalue weighted by molar-refractivity contribution is -0.115. The molecule has 5 aromatic rings. The molecule has 8 nitrogen and oxygen atoms in total. The van der Waals surface area contributed by atoms with E-state index in [2.05, 4.69) is 20.0 Å². The van der Waals surface area contributed by atoms with Gasteiger partial charge in [0.15, 0.2) is 10.1 Å². The van der Waals surface area contributed by atoms with Crippen LogP contribution in [0.2, 0.25) is 5.02 Å². The van der Waals surface area contributed by atoms with Crippen molar-refractivity contribution in [1.29, 1.82) is 0 Å². The summed E-state index contributed by atoms with van der Waals surface area (Å²) in [6, 6.07) is 13.4. The fourth-order valence-corrected chi connectivity index (χ4v) is 6.04. The predicted molar refractivity (Wildman–Crippen MR) is 135 cm³/mol. The molecule has 5 rings (SSSR count). The molecule has 0 fully saturated rings. The van der Waals surface area contributed by atoms with E-state index in [0.29, 0.717) is 10.7 Å². The van der Waals surface area contributed by atoms with Crippen molar-refractivity contribution in [3.8, 4) is 11.3 Å². The van der Waals surface area contributed by atoms with Gasteiger partial charge in [-0.1, -0.05) is 23.7 Å². The molecule has 172 valence electrons. The Morgan fingerprint density at radius 1 is 1.06 bits per heavy atom. The fraction of sp³-hybridized carbons (Fsp3) is 0.0455. The molecule has 3 aromatic heterocycles. The van der Waals surface area contributed by atoms with Gasteiger partial charge in [-0.3, -0.25) is 13.9 Å². The Hall–Kier alpha value is -3.25. The van der Waals surface area contributed by atoms with Crippen LogP contribution in [0.1, 0.15) is 5.69 Å². The lowest BCUT2D eigenvalue weighted by Crippen LogP contribution is -2.16. The fourth-order valence-electron chi connectivity index (χ4n) is 3.25. The molecule has 0 unspecified atom stereocenters. The molecule has 12 heteroatoms. The first-order chi connectivity index (χ1) is 16.4. The van der Waals surface area contributed by atoms with Crippen molar-refractivity contribution < 1.29 is 13.2 Å². The van der Waals surface area contributed by atoms with E-state index in [9.17, 15) is 13.2 Å². The van der Waals surface area contributed by atoms with Gasteiger partial charge < -0.3 is 5.32 Å². The summed E-state index contributed by atoms with van der Waals surface area (Å²) >= 11 is 8.61. The van der Waals surface area contributed by atoms with Gasteiger partial charge in [-0.05, 0) is 36.4 Å². The molecule has 0 spiro atoms. The summed E-state index contributed by atoms with van der Waals surface area (Å²) in [6.45, 7) is 0. The molecule has 3 heterocycles. The Labute approximate surface area is 207 Å². The molecule has 0 atom stereocenters. The number of sulfonamides is 1. The van der Waals surface area contributed by atoms with Crippen LogP contribution in [0.25, 0.3) is 16.2 Å². The van der Waals surface area contributed by atoms with Crippen LogP contribution in [0.3, 0.4) is 0 Å². The summed E-state index contributed by atoms with van der Waals surface area (Å²) < 4.78 is 29.2. The molecule has 0 aliphatic heterocycles. The number of halogens is 1. The van der Waals surface area contributed by atoms with Crippen LogP contribution in [0, 0.1) is 0 Å². The Morgan fingerprint density at radius 2 is 1.82 bits per heavy atom. The van der Waals surface area contributed by atoms with Crippen molar-refractivity contribution in [2.45, 2.75) is 11.3 Å². The molecule has 2 N–H and O–H groups in total. The number of hydrogen-bond acceptors (Lipinski definition) is 7. The second kappa shape index (κ2) is 9.18. The van der Waals surface area contributed by atoms with Gasteiger partial charge in [-0.2, -0.15) is 0 Å². The van der Waals surface area contributed by atoms with Gasteiger partial charge in [-0.15, -0.1) is 22.7 Å². The zero-order valence-electron chi connectivity index (χ0n) is 17.3. The highest BCUT2D eigenvalue weighted by atomic mass is 35.5. The highest BCUT2D eigenvalue weighted by Gasteiger charge is 2.16. The number of aromatic nitrogens is 3. The average molecular weight is 530 g/mol. The van der Waals surface area contributed by atoms with E-state index in [0.717, 1.165) is 21.9 Å². The molecule has 2 aromatic carbocycles. The first-order valence-corrected chi connectivity index (χ1v) is 13.5.